The third-order valence-electron chi connectivity index (χ3n) is 15.8. The number of anilines is 1. The average Bonchev–Trinajstić information content (AvgIpc) is 0.827. The van der Waals surface area contributed by atoms with Crippen molar-refractivity contribution in [2.24, 2.45) is 10.7 Å². The summed E-state index contributed by atoms with van der Waals surface area (Å²) in [7, 11) is -3.13. The van der Waals surface area contributed by atoms with Crippen molar-refractivity contribution in [2.75, 3.05) is 31.6 Å². The number of carboxylic acid groups (broad SMARTS) is 2. The Bertz CT molecular complexity index is 4220. The molecule has 8 N–H and O–H groups in total. The zero-order chi connectivity index (χ0) is 69.7. The number of aliphatic imine (C=N–C) groups is 1. The average molecular weight is 1350 g/mol. The Hall–Kier alpha value is -8.92. The Labute approximate surface area is 569 Å². The lowest BCUT2D eigenvalue weighted by atomic mass is 9.90. The van der Waals surface area contributed by atoms with Gasteiger partial charge in [-0.25, -0.2) is 9.59 Å². The standard InChI is InChI=1S/C36H40N2O5SSi.C21H11NO5S.C15H29NSi.C4H8O/c1-22(2)19-45(20-23(3)4,21-24(5)6)15-7-14-37-36(44)38-25-8-11-28(31(16-25)35(41)42)34-29-12-9-26(39)17-32(29)43-33-18-27(40)10-13-30(33)34;23-12-2-5-15-18(8-12)27-19-9-13(24)3-6-16(19)20(15)14-4-1-11(22-10-28)7-17(14)21(25)26;1-13(2)10-17(9-7-8-16,11-14(3)4)12-15(5)6;1-2-4-5-3-1/h8-13,16-18,39H,1,3,5,7,14-15,19-21H2,2,4,6H3,(H,41,42)(H2,37,38,44);1-9,23H,(H,25,26);1,3,5,7-12,16H2,2,4,6H3;1-4H2. The number of phenols is 2. The van der Waals surface area contributed by atoms with Gasteiger partial charge in [0.05, 0.1) is 38.1 Å². The first kappa shape index (κ1) is 75.1. The maximum absolute atomic E-state index is 12.5. The van der Waals surface area contributed by atoms with Crippen molar-refractivity contribution in [2.45, 2.75) is 116 Å². The first-order valence-corrected chi connectivity index (χ1v) is 37.9. The van der Waals surface area contributed by atoms with E-state index in [1.165, 1.54) is 125 Å². The van der Waals surface area contributed by atoms with E-state index in [0.717, 1.165) is 56.8 Å². The van der Waals surface area contributed by atoms with E-state index in [1.807, 2.05) is 0 Å². The molecule has 498 valence electrons. The van der Waals surface area contributed by atoms with E-state index in [0.29, 0.717) is 84.1 Å². The molecule has 4 aromatic rings. The van der Waals surface area contributed by atoms with Crippen LogP contribution < -0.4 is 27.2 Å². The Morgan fingerprint density at radius 3 is 1.37 bits per heavy atom. The predicted molar refractivity (Wildman–Crippen MR) is 402 cm³/mol. The minimum atomic E-state index is -1.74. The van der Waals surface area contributed by atoms with Crippen molar-refractivity contribution in [3.8, 4) is 56.4 Å². The van der Waals surface area contributed by atoms with Gasteiger partial charge in [0.2, 0.25) is 0 Å². The fourth-order valence-electron chi connectivity index (χ4n) is 12.9. The number of hydrogen-bond acceptors (Lipinski definition) is 13. The third kappa shape index (κ3) is 21.8. The van der Waals surface area contributed by atoms with Gasteiger partial charge in [0.25, 0.3) is 0 Å². The molecule has 3 aliphatic heterocycles. The highest BCUT2D eigenvalue weighted by molar-refractivity contribution is 7.80. The molecule has 15 nitrogen and oxygen atoms in total. The number of hydrogen-bond donors (Lipinski definition) is 7. The van der Waals surface area contributed by atoms with Crippen LogP contribution in [0, 0.1) is 0 Å². The van der Waals surface area contributed by atoms with Gasteiger partial charge in [0.1, 0.15) is 34.2 Å². The topological polar surface area (TPSA) is 247 Å². The number of nitrogens with zero attached hydrogens (tertiary/aromatic N) is 1. The lowest BCUT2D eigenvalue weighted by Crippen LogP contribution is -2.36. The largest absolute Gasteiger partial charge is 0.508 e. The lowest BCUT2D eigenvalue weighted by molar-refractivity contribution is 0.0687. The normalized spacial score (nSPS) is 11.8. The van der Waals surface area contributed by atoms with Crippen molar-refractivity contribution in [3.05, 3.63) is 214 Å². The zero-order valence-electron chi connectivity index (χ0n) is 55.4. The SMILES string of the molecule is C1CCOC1.C=C(C)C[Si](CCCN)(CC(=C)C)CC(=C)C.C=C(C)C[Si](CCCNC(=S)Nc1ccc(-c2c3ccc(=O)cc-3oc3cc(O)ccc23)c(C(=O)O)c1)(CC(=C)C)CC(=C)C.O=C(O)c1cc(N=C=S)ccc1-c1c2ccc(=O)cc-2oc2cc(O)ccc12. The third-order valence-corrected chi connectivity index (χ3v) is 27.1. The maximum atomic E-state index is 12.5. The second-order valence-electron chi connectivity index (χ2n) is 25.4. The summed E-state index contributed by atoms with van der Waals surface area (Å²) >= 11 is 10.2. The van der Waals surface area contributed by atoms with Crippen LogP contribution >= 0.6 is 24.4 Å². The molecular formula is C76H88N4O11S2Si2. The summed E-state index contributed by atoms with van der Waals surface area (Å²) in [6.45, 7) is 41.1. The number of phenolic OH excluding ortho intramolecular Hbond substituents is 2. The number of benzene rings is 6. The Kier molecular flexibility index (Phi) is 27.7. The van der Waals surface area contributed by atoms with Crippen LogP contribution in [0.25, 0.3) is 66.8 Å². The molecule has 95 heavy (non-hydrogen) atoms. The maximum Gasteiger partial charge on any atom is 0.336 e. The van der Waals surface area contributed by atoms with E-state index in [2.05, 4.69) is 114 Å². The quantitative estimate of drug-likeness (QED) is 0.00702. The number of carboxylic acids is 2. The van der Waals surface area contributed by atoms with Crippen LogP contribution in [-0.2, 0) is 4.74 Å². The number of allylic oxidation sites excluding steroid dienone is 6. The van der Waals surface area contributed by atoms with E-state index in [-0.39, 0.29) is 39.2 Å². The van der Waals surface area contributed by atoms with Gasteiger partial charge in [-0.1, -0.05) is 57.7 Å². The van der Waals surface area contributed by atoms with E-state index in [4.69, 9.17) is 31.5 Å². The predicted octanol–water partition coefficient (Wildman–Crippen LogP) is 18.8. The molecule has 0 spiro atoms. The highest BCUT2D eigenvalue weighted by Gasteiger charge is 2.34. The Balaban J connectivity index is 0.000000240. The van der Waals surface area contributed by atoms with Crippen LogP contribution in [-0.4, -0.2) is 85.1 Å². The number of aromatic hydroxyl groups is 2. The minimum Gasteiger partial charge on any atom is -0.508 e. The molecule has 19 heteroatoms. The molecule has 0 amide bonds. The molecule has 1 fully saturated rings. The van der Waals surface area contributed by atoms with Crippen molar-refractivity contribution in [1.29, 1.82) is 0 Å². The zero-order valence-corrected chi connectivity index (χ0v) is 59.1. The van der Waals surface area contributed by atoms with Crippen LogP contribution in [0.15, 0.2) is 206 Å². The van der Waals surface area contributed by atoms with Gasteiger partial charge in [0, 0.05) is 82.7 Å². The lowest BCUT2D eigenvalue weighted by Gasteiger charge is -2.33. The fraction of sp³-hybridized carbons (Fsp3) is 0.289. The van der Waals surface area contributed by atoms with Crippen molar-refractivity contribution in [1.82, 2.24) is 5.32 Å². The number of ether oxygens (including phenoxy) is 1. The number of aromatic carboxylic acids is 2. The van der Waals surface area contributed by atoms with E-state index >= 15 is 0 Å². The molecule has 0 aromatic heterocycles. The van der Waals surface area contributed by atoms with E-state index in [1.54, 1.807) is 54.6 Å². The number of thiocarbonyl (C=S) groups is 2. The van der Waals surface area contributed by atoms with E-state index < -0.39 is 28.1 Å². The number of nitrogens with one attached hydrogen (secondary N) is 2. The molecule has 2 aliphatic carbocycles. The van der Waals surface area contributed by atoms with Crippen molar-refractivity contribution >= 4 is 96.1 Å². The Morgan fingerprint density at radius 2 is 0.979 bits per heavy atom. The van der Waals surface area contributed by atoms with E-state index in [9.17, 15) is 39.6 Å². The molecule has 1 saturated heterocycles. The number of isothiocyanates is 1. The molecule has 4 aromatic carbocycles. The highest BCUT2D eigenvalue weighted by atomic mass is 32.1. The van der Waals surface area contributed by atoms with Gasteiger partial charge in [-0.2, -0.15) is 4.99 Å². The van der Waals surface area contributed by atoms with Gasteiger partial charge >= 0.3 is 11.9 Å². The highest BCUT2D eigenvalue weighted by Crippen LogP contribution is 2.45. The van der Waals surface area contributed by atoms with Crippen molar-refractivity contribution < 1.29 is 43.6 Å². The summed E-state index contributed by atoms with van der Waals surface area (Å²) in [6.07, 6.45) is 4.61. The van der Waals surface area contributed by atoms with Crippen LogP contribution in [0.1, 0.15) is 87.9 Å². The molecule has 5 aliphatic rings. The molecule has 0 saturated carbocycles. The second kappa shape index (κ2) is 35.0. The summed E-state index contributed by atoms with van der Waals surface area (Å²) in [4.78, 5) is 52.2. The fourth-order valence-corrected chi connectivity index (χ4v) is 24.6. The van der Waals surface area contributed by atoms with Crippen LogP contribution in [0.2, 0.25) is 48.4 Å². The van der Waals surface area contributed by atoms with Crippen LogP contribution in [0.3, 0.4) is 0 Å². The first-order valence-electron chi connectivity index (χ1n) is 31.5. The molecule has 0 unspecified atom stereocenters. The summed E-state index contributed by atoms with van der Waals surface area (Å²) < 4.78 is 16.6. The van der Waals surface area contributed by atoms with Gasteiger partial charge in [0.15, 0.2) is 16.0 Å². The summed E-state index contributed by atoms with van der Waals surface area (Å²) in [5.41, 5.74) is 17.5. The van der Waals surface area contributed by atoms with Gasteiger partial charge < -0.3 is 50.4 Å². The second-order valence-corrected chi connectivity index (χ2v) is 35.1. The number of nitrogens with two attached hydrogens (primary N) is 1. The monoisotopic (exact) mass is 1350 g/mol. The number of carbonyl (C=O) groups is 2. The van der Waals surface area contributed by atoms with Crippen LogP contribution in [0.5, 0.6) is 11.5 Å². The smallest absolute Gasteiger partial charge is 0.336 e. The molecule has 0 atom stereocenters. The molecule has 0 bridgehead atoms. The molecular weight excluding hydrogens is 1270 g/mol. The summed E-state index contributed by atoms with van der Waals surface area (Å²) in [5, 5.41) is 50.1. The summed E-state index contributed by atoms with van der Waals surface area (Å²) in [6, 6.07) is 36.6. The van der Waals surface area contributed by atoms with Gasteiger partial charge in [-0.05, 0) is 218 Å². The minimum absolute atomic E-state index is 0.00987. The Morgan fingerprint density at radius 1 is 0.568 bits per heavy atom. The molecule has 9 rings (SSSR count). The number of fused-ring (bicyclic) bond motifs is 4. The summed E-state index contributed by atoms with van der Waals surface area (Å²) in [5.74, 6) is -1.70. The van der Waals surface area contributed by atoms with Gasteiger partial charge in [-0.3, -0.25) is 9.59 Å². The van der Waals surface area contributed by atoms with Gasteiger partial charge in [-0.15, -0.1) is 39.5 Å². The number of rotatable bonds is 25. The first-order chi connectivity index (χ1) is 45.0. The molecule has 3 heterocycles. The van der Waals surface area contributed by atoms with Crippen LogP contribution in [0.4, 0.5) is 11.4 Å². The molecule has 0 radical (unpaired) electrons. The van der Waals surface area contributed by atoms with Crippen molar-refractivity contribution in [3.63, 3.8) is 0 Å².